The Morgan fingerprint density at radius 3 is 2.85 bits per heavy atom. The highest BCUT2D eigenvalue weighted by atomic mass is 16.5. The molecule has 0 amide bonds. The third-order valence-corrected chi connectivity index (χ3v) is 2.30. The number of rotatable bonds is 5. The van der Waals surface area contributed by atoms with Gasteiger partial charge in [-0.1, -0.05) is 19.4 Å². The number of hydrogen-bond acceptors (Lipinski definition) is 2. The Hall–Kier alpha value is -0.790. The molecule has 1 rings (SSSR count). The van der Waals surface area contributed by atoms with Gasteiger partial charge in [-0.05, 0) is 32.1 Å². The summed E-state index contributed by atoms with van der Waals surface area (Å²) in [5, 5.41) is 0. The van der Waals surface area contributed by atoms with Crippen LogP contribution in [-0.4, -0.2) is 12.1 Å². The molecule has 1 saturated carbocycles. The van der Waals surface area contributed by atoms with Crippen LogP contribution in [0.15, 0.2) is 12.2 Å². The summed E-state index contributed by atoms with van der Waals surface area (Å²) in [5.74, 6) is 0.441. The highest BCUT2D eigenvalue weighted by Gasteiger charge is 2.30. The van der Waals surface area contributed by atoms with E-state index in [2.05, 4.69) is 6.92 Å². The molecule has 2 heteroatoms. The number of ether oxygens (including phenoxy) is 1. The molecule has 1 aliphatic carbocycles. The molecular weight excluding hydrogens is 164 g/mol. The average Bonchev–Trinajstić information content (AvgIpc) is 2.86. The van der Waals surface area contributed by atoms with Crippen LogP contribution in [0.3, 0.4) is 0 Å². The van der Waals surface area contributed by atoms with E-state index in [9.17, 15) is 4.79 Å². The molecule has 0 heterocycles. The molecule has 0 N–H and O–H groups in total. The van der Waals surface area contributed by atoms with Crippen molar-refractivity contribution in [3.05, 3.63) is 12.2 Å². The first kappa shape index (κ1) is 10.3. The van der Waals surface area contributed by atoms with Gasteiger partial charge in [-0.2, -0.15) is 0 Å². The van der Waals surface area contributed by atoms with Gasteiger partial charge in [0.2, 0.25) is 0 Å². The standard InChI is InChI=1S/C11H18O2/c1-3-4-5-6-11(12)13-9(2)10-7-8-10/h5-6,9-10H,3-4,7-8H2,1-2H3. The van der Waals surface area contributed by atoms with Gasteiger partial charge in [-0.25, -0.2) is 4.79 Å². The lowest BCUT2D eigenvalue weighted by atomic mass is 10.2. The van der Waals surface area contributed by atoms with E-state index in [0.717, 1.165) is 12.8 Å². The topological polar surface area (TPSA) is 26.3 Å². The van der Waals surface area contributed by atoms with Crippen molar-refractivity contribution in [2.45, 2.75) is 45.6 Å². The number of allylic oxidation sites excluding steroid dienone is 1. The van der Waals surface area contributed by atoms with Gasteiger partial charge >= 0.3 is 5.97 Å². The van der Waals surface area contributed by atoms with Crippen LogP contribution in [0.5, 0.6) is 0 Å². The maximum absolute atomic E-state index is 11.2. The minimum Gasteiger partial charge on any atom is -0.459 e. The van der Waals surface area contributed by atoms with Crippen molar-refractivity contribution in [2.24, 2.45) is 5.92 Å². The summed E-state index contributed by atoms with van der Waals surface area (Å²) in [6, 6.07) is 0. The van der Waals surface area contributed by atoms with E-state index in [1.807, 2.05) is 13.0 Å². The second-order valence-electron chi connectivity index (χ2n) is 3.67. The Labute approximate surface area is 80.0 Å². The third-order valence-electron chi connectivity index (χ3n) is 2.30. The fourth-order valence-electron chi connectivity index (χ4n) is 1.23. The van der Waals surface area contributed by atoms with E-state index in [0.29, 0.717) is 5.92 Å². The molecule has 0 aliphatic heterocycles. The highest BCUT2D eigenvalue weighted by molar-refractivity contribution is 5.82. The Balaban J connectivity index is 2.15. The molecule has 2 nitrogen and oxygen atoms in total. The maximum Gasteiger partial charge on any atom is 0.330 e. The highest BCUT2D eigenvalue weighted by Crippen LogP contribution is 2.33. The van der Waals surface area contributed by atoms with Crippen LogP contribution in [0.25, 0.3) is 0 Å². The first-order valence-corrected chi connectivity index (χ1v) is 5.11. The zero-order valence-corrected chi connectivity index (χ0v) is 8.45. The fourth-order valence-corrected chi connectivity index (χ4v) is 1.23. The van der Waals surface area contributed by atoms with Crippen molar-refractivity contribution < 1.29 is 9.53 Å². The predicted molar refractivity (Wildman–Crippen MR) is 52.3 cm³/mol. The fraction of sp³-hybridized carbons (Fsp3) is 0.727. The van der Waals surface area contributed by atoms with Crippen LogP contribution in [-0.2, 0) is 9.53 Å². The number of carbonyl (C=O) groups excluding carboxylic acids is 1. The molecule has 0 radical (unpaired) electrons. The molecule has 0 aromatic heterocycles. The van der Waals surface area contributed by atoms with E-state index >= 15 is 0 Å². The van der Waals surface area contributed by atoms with Gasteiger partial charge in [0.05, 0.1) is 0 Å². The summed E-state index contributed by atoms with van der Waals surface area (Å²) in [5.41, 5.74) is 0. The van der Waals surface area contributed by atoms with E-state index in [1.165, 1.54) is 12.8 Å². The monoisotopic (exact) mass is 182 g/mol. The predicted octanol–water partition coefficient (Wildman–Crippen LogP) is 2.68. The summed E-state index contributed by atoms with van der Waals surface area (Å²) < 4.78 is 5.20. The van der Waals surface area contributed by atoms with Crippen LogP contribution in [0.2, 0.25) is 0 Å². The zero-order chi connectivity index (χ0) is 9.68. The second-order valence-corrected chi connectivity index (χ2v) is 3.67. The van der Waals surface area contributed by atoms with Crippen molar-refractivity contribution in [3.63, 3.8) is 0 Å². The summed E-state index contributed by atoms with van der Waals surface area (Å²) >= 11 is 0. The van der Waals surface area contributed by atoms with Gasteiger partial charge in [0.15, 0.2) is 0 Å². The van der Waals surface area contributed by atoms with Crippen LogP contribution >= 0.6 is 0 Å². The van der Waals surface area contributed by atoms with Crippen LogP contribution in [0.4, 0.5) is 0 Å². The van der Waals surface area contributed by atoms with E-state index in [-0.39, 0.29) is 12.1 Å². The smallest absolute Gasteiger partial charge is 0.330 e. The van der Waals surface area contributed by atoms with Crippen molar-refractivity contribution in [1.82, 2.24) is 0 Å². The van der Waals surface area contributed by atoms with Crippen molar-refractivity contribution >= 4 is 5.97 Å². The summed E-state index contributed by atoms with van der Waals surface area (Å²) in [6.07, 6.45) is 7.98. The first-order chi connectivity index (χ1) is 6.24. The van der Waals surface area contributed by atoms with Gasteiger partial charge in [0.1, 0.15) is 6.10 Å². The molecule has 0 aromatic carbocycles. The van der Waals surface area contributed by atoms with Crippen LogP contribution in [0, 0.1) is 5.92 Å². The average molecular weight is 182 g/mol. The lowest BCUT2D eigenvalue weighted by molar-refractivity contribution is -0.143. The molecule has 1 fully saturated rings. The van der Waals surface area contributed by atoms with E-state index < -0.39 is 0 Å². The largest absolute Gasteiger partial charge is 0.459 e. The molecule has 13 heavy (non-hydrogen) atoms. The normalized spacial score (nSPS) is 18.9. The number of hydrogen-bond donors (Lipinski definition) is 0. The third kappa shape index (κ3) is 4.11. The lowest BCUT2D eigenvalue weighted by Gasteiger charge is -2.09. The number of esters is 1. The quantitative estimate of drug-likeness (QED) is 0.482. The maximum atomic E-state index is 11.2. The molecule has 0 spiro atoms. The Kier molecular flexibility index (Phi) is 4.00. The lowest BCUT2D eigenvalue weighted by Crippen LogP contribution is -2.14. The van der Waals surface area contributed by atoms with Gasteiger partial charge in [-0.3, -0.25) is 0 Å². The second kappa shape index (κ2) is 5.05. The molecule has 1 aliphatic rings. The summed E-state index contributed by atoms with van der Waals surface area (Å²) in [6.45, 7) is 4.06. The van der Waals surface area contributed by atoms with Crippen LogP contribution < -0.4 is 0 Å². The van der Waals surface area contributed by atoms with Gasteiger partial charge in [-0.15, -0.1) is 0 Å². The number of unbranched alkanes of at least 4 members (excludes halogenated alkanes) is 1. The van der Waals surface area contributed by atoms with Gasteiger partial charge < -0.3 is 4.74 Å². The molecule has 1 unspecified atom stereocenters. The van der Waals surface area contributed by atoms with Crippen molar-refractivity contribution in [2.75, 3.05) is 0 Å². The van der Waals surface area contributed by atoms with Crippen molar-refractivity contribution in [1.29, 1.82) is 0 Å². The Morgan fingerprint density at radius 2 is 2.31 bits per heavy atom. The van der Waals surface area contributed by atoms with Gasteiger partial charge in [0, 0.05) is 6.08 Å². The minimum atomic E-state index is -0.187. The molecular formula is C11H18O2. The van der Waals surface area contributed by atoms with Gasteiger partial charge in [0.25, 0.3) is 0 Å². The summed E-state index contributed by atoms with van der Waals surface area (Å²) in [7, 11) is 0. The molecule has 0 aromatic rings. The molecule has 1 atom stereocenters. The number of carbonyl (C=O) groups is 1. The SMILES string of the molecule is CCCC=CC(=O)OC(C)C1CC1. The molecule has 0 saturated heterocycles. The van der Waals surface area contributed by atoms with Crippen molar-refractivity contribution in [3.8, 4) is 0 Å². The molecule has 0 bridgehead atoms. The van der Waals surface area contributed by atoms with E-state index in [1.54, 1.807) is 6.08 Å². The summed E-state index contributed by atoms with van der Waals surface area (Å²) in [4.78, 5) is 11.2. The Morgan fingerprint density at radius 1 is 1.62 bits per heavy atom. The first-order valence-electron chi connectivity index (χ1n) is 5.11. The Bertz CT molecular complexity index is 192. The molecule has 74 valence electrons. The zero-order valence-electron chi connectivity index (χ0n) is 8.45. The minimum absolute atomic E-state index is 0.110. The van der Waals surface area contributed by atoms with Crippen LogP contribution in [0.1, 0.15) is 39.5 Å². The van der Waals surface area contributed by atoms with E-state index in [4.69, 9.17) is 4.74 Å².